The van der Waals surface area contributed by atoms with Crippen LogP contribution in [0.1, 0.15) is 130 Å². The van der Waals surface area contributed by atoms with Crippen LogP contribution in [0.2, 0.25) is 0 Å². The molecular weight excluding hydrogens is 616 g/mol. The van der Waals surface area contributed by atoms with Crippen molar-refractivity contribution in [2.45, 2.75) is 180 Å². The van der Waals surface area contributed by atoms with E-state index in [1.165, 1.54) is 70.6 Å². The average molecular weight is 691 g/mol. The molecule has 6 fully saturated rings. The fourth-order valence-electron chi connectivity index (χ4n) is 7.08. The van der Waals surface area contributed by atoms with E-state index in [4.69, 9.17) is 47.4 Å². The molecule has 10 unspecified atom stereocenters. The predicted octanol–water partition coefficient (Wildman–Crippen LogP) is 8.23. The van der Waals surface area contributed by atoms with E-state index in [1.54, 1.807) is 35.5 Å². The molecule has 0 spiro atoms. The summed E-state index contributed by atoms with van der Waals surface area (Å²) in [6.45, 7) is 10.4. The van der Waals surface area contributed by atoms with Crippen molar-refractivity contribution in [2.24, 2.45) is 17.8 Å². The minimum Gasteiger partial charge on any atom is -0.356 e. The molecule has 10 nitrogen and oxygen atoms in total. The van der Waals surface area contributed by atoms with Crippen LogP contribution in [0.5, 0.6) is 0 Å². The quantitative estimate of drug-likeness (QED) is 0.271. The molecular formula is C38H74O10. The zero-order valence-electron chi connectivity index (χ0n) is 32.2. The van der Waals surface area contributed by atoms with E-state index in [1.807, 2.05) is 0 Å². The third-order valence-electron chi connectivity index (χ3n) is 10.2. The van der Waals surface area contributed by atoms with E-state index in [0.717, 1.165) is 51.2 Å². The number of ether oxygens (including phenoxy) is 10. The van der Waals surface area contributed by atoms with Crippen molar-refractivity contribution in [2.75, 3.05) is 48.8 Å². The van der Waals surface area contributed by atoms with Crippen molar-refractivity contribution in [1.82, 2.24) is 0 Å². The second-order valence-electron chi connectivity index (χ2n) is 14.3. The molecule has 0 N–H and O–H groups in total. The number of hydrogen-bond acceptors (Lipinski definition) is 10. The Kier molecular flexibility index (Phi) is 24.1. The van der Waals surface area contributed by atoms with E-state index >= 15 is 0 Å². The first-order chi connectivity index (χ1) is 23.2. The van der Waals surface area contributed by atoms with Crippen molar-refractivity contribution in [3.63, 3.8) is 0 Å². The van der Waals surface area contributed by atoms with E-state index in [2.05, 4.69) is 27.7 Å². The average Bonchev–Trinajstić information content (AvgIpc) is 3.67. The Balaban J connectivity index is 0.000000212. The highest BCUT2D eigenvalue weighted by molar-refractivity contribution is 4.80. The molecule has 5 saturated heterocycles. The molecule has 10 heteroatoms. The van der Waals surface area contributed by atoms with Crippen molar-refractivity contribution in [3.8, 4) is 0 Å². The highest BCUT2D eigenvalue weighted by Crippen LogP contribution is 2.35. The van der Waals surface area contributed by atoms with Gasteiger partial charge in [-0.05, 0) is 109 Å². The lowest BCUT2D eigenvalue weighted by molar-refractivity contribution is -0.212. The molecule has 1 aliphatic carbocycles. The van der Waals surface area contributed by atoms with Crippen molar-refractivity contribution < 1.29 is 47.4 Å². The summed E-state index contributed by atoms with van der Waals surface area (Å²) in [5.74, 6) is 2.07. The van der Waals surface area contributed by atoms with E-state index in [9.17, 15) is 0 Å². The largest absolute Gasteiger partial charge is 0.356 e. The summed E-state index contributed by atoms with van der Waals surface area (Å²) in [6, 6.07) is 0. The lowest BCUT2D eigenvalue weighted by Crippen LogP contribution is -2.37. The smallest absolute Gasteiger partial charge is 0.160 e. The first-order valence-electron chi connectivity index (χ1n) is 19.1. The highest BCUT2D eigenvalue weighted by Gasteiger charge is 2.33. The first-order valence-corrected chi connectivity index (χ1v) is 19.1. The Hall–Kier alpha value is -0.400. The number of methoxy groups -OCH3 is 5. The Morgan fingerprint density at radius 1 is 0.458 bits per heavy atom. The molecule has 0 aromatic carbocycles. The molecule has 6 rings (SSSR count). The SMILES string of the molecule is COC1CCC2CCCCC2O1.COC1CCCC(C)O1.COC1CCCCO1.COC1CCCO1.COC1OC(C)CCC1C(C)C. The van der Waals surface area contributed by atoms with Crippen molar-refractivity contribution in [1.29, 1.82) is 0 Å². The van der Waals surface area contributed by atoms with Gasteiger partial charge >= 0.3 is 0 Å². The number of rotatable bonds is 6. The lowest BCUT2D eigenvalue weighted by atomic mass is 9.82. The molecule has 10 atom stereocenters. The third-order valence-corrected chi connectivity index (χ3v) is 10.2. The standard InChI is InChI=1S/C10H18O2.C10H20O2.C7H14O2.C6H12O2.C5H10O2/c1-11-10-7-6-8-4-2-3-5-9(8)12-10;1-7(2)9-6-5-8(3)12-10(9)11-4;1-6-4-3-5-7(8-2)9-6;1-7-6-4-2-3-5-8-6;1-6-5-3-2-4-7-5/h8-10H,2-7H2,1H3;7-10H,5-6H2,1-4H3;6-7H,3-5H2,1-2H3;6H,2-5H2,1H3;5H,2-4H2,1H3. The van der Waals surface area contributed by atoms with Crippen LogP contribution < -0.4 is 0 Å². The van der Waals surface area contributed by atoms with Crippen LogP contribution in [0, 0.1) is 17.8 Å². The topological polar surface area (TPSA) is 92.3 Å². The molecule has 0 aromatic rings. The zero-order valence-corrected chi connectivity index (χ0v) is 32.2. The fraction of sp³-hybridized carbons (Fsp3) is 1.00. The van der Waals surface area contributed by atoms with Gasteiger partial charge in [0.15, 0.2) is 31.5 Å². The van der Waals surface area contributed by atoms with E-state index < -0.39 is 0 Å². The molecule has 5 aliphatic heterocycles. The van der Waals surface area contributed by atoms with Crippen LogP contribution in [-0.4, -0.2) is 98.5 Å². The Bertz CT molecular complexity index is 745. The van der Waals surface area contributed by atoms with Gasteiger partial charge in [-0.1, -0.05) is 26.7 Å². The molecule has 1 saturated carbocycles. The van der Waals surface area contributed by atoms with Gasteiger partial charge in [-0.25, -0.2) is 0 Å². The summed E-state index contributed by atoms with van der Waals surface area (Å²) in [5.41, 5.74) is 0. The van der Waals surface area contributed by atoms with Crippen LogP contribution in [0.25, 0.3) is 0 Å². The van der Waals surface area contributed by atoms with Gasteiger partial charge < -0.3 is 47.4 Å². The van der Waals surface area contributed by atoms with E-state index in [-0.39, 0.29) is 31.5 Å². The molecule has 6 aliphatic rings. The first kappa shape index (κ1) is 43.8. The van der Waals surface area contributed by atoms with Crippen LogP contribution in [0.4, 0.5) is 0 Å². The van der Waals surface area contributed by atoms with Gasteiger partial charge in [0.1, 0.15) is 0 Å². The van der Waals surface area contributed by atoms with Crippen LogP contribution >= 0.6 is 0 Å². The Morgan fingerprint density at radius 3 is 1.54 bits per heavy atom. The van der Waals surface area contributed by atoms with Gasteiger partial charge in [0.05, 0.1) is 18.3 Å². The summed E-state index contributed by atoms with van der Waals surface area (Å²) < 4.78 is 52.6. The molecule has 0 radical (unpaired) electrons. The summed E-state index contributed by atoms with van der Waals surface area (Å²) in [4.78, 5) is 0. The number of fused-ring (bicyclic) bond motifs is 1. The van der Waals surface area contributed by atoms with Gasteiger partial charge in [-0.3, -0.25) is 0 Å². The van der Waals surface area contributed by atoms with Gasteiger partial charge in [0, 0.05) is 61.1 Å². The van der Waals surface area contributed by atoms with Crippen molar-refractivity contribution >= 4 is 0 Å². The maximum absolute atomic E-state index is 5.82. The third kappa shape index (κ3) is 17.7. The van der Waals surface area contributed by atoms with Crippen molar-refractivity contribution in [3.05, 3.63) is 0 Å². The van der Waals surface area contributed by atoms with Crippen LogP contribution in [-0.2, 0) is 47.4 Å². The monoisotopic (exact) mass is 691 g/mol. The summed E-state index contributed by atoms with van der Waals surface area (Å²) in [5, 5.41) is 0. The molecule has 5 heterocycles. The minimum absolute atomic E-state index is 0.0220. The van der Waals surface area contributed by atoms with Crippen LogP contribution in [0.3, 0.4) is 0 Å². The van der Waals surface area contributed by atoms with Gasteiger partial charge in [0.25, 0.3) is 0 Å². The zero-order chi connectivity index (χ0) is 35.1. The van der Waals surface area contributed by atoms with E-state index in [0.29, 0.717) is 30.1 Å². The predicted molar refractivity (Wildman–Crippen MR) is 188 cm³/mol. The van der Waals surface area contributed by atoms with Gasteiger partial charge in [-0.15, -0.1) is 0 Å². The highest BCUT2D eigenvalue weighted by atomic mass is 16.7. The Morgan fingerprint density at radius 2 is 1.02 bits per heavy atom. The number of hydrogen-bond donors (Lipinski definition) is 0. The van der Waals surface area contributed by atoms with Crippen LogP contribution in [0.15, 0.2) is 0 Å². The molecule has 286 valence electrons. The molecule has 0 bridgehead atoms. The minimum atomic E-state index is 0.0220. The fourth-order valence-corrected chi connectivity index (χ4v) is 7.08. The van der Waals surface area contributed by atoms with Gasteiger partial charge in [0.2, 0.25) is 0 Å². The maximum atomic E-state index is 5.82. The maximum Gasteiger partial charge on any atom is 0.160 e. The second-order valence-corrected chi connectivity index (χ2v) is 14.3. The summed E-state index contributed by atoms with van der Waals surface area (Å²) in [7, 11) is 8.54. The molecule has 0 amide bonds. The second kappa shape index (κ2) is 26.4. The van der Waals surface area contributed by atoms with Gasteiger partial charge in [-0.2, -0.15) is 0 Å². The normalized spacial score (nSPS) is 36.4. The lowest BCUT2D eigenvalue weighted by Gasteiger charge is -2.38. The summed E-state index contributed by atoms with van der Waals surface area (Å²) in [6.07, 6.45) is 21.0. The Labute approximate surface area is 293 Å². The molecule has 0 aromatic heterocycles. The summed E-state index contributed by atoms with van der Waals surface area (Å²) >= 11 is 0. The molecule has 48 heavy (non-hydrogen) atoms.